The van der Waals surface area contributed by atoms with E-state index in [1.54, 1.807) is 12.1 Å². The second-order valence-electron chi connectivity index (χ2n) is 6.06. The van der Waals surface area contributed by atoms with E-state index < -0.39 is 23.0 Å². The van der Waals surface area contributed by atoms with Gasteiger partial charge in [-0.15, -0.1) is 0 Å². The molecule has 140 valence electrons. The minimum Gasteiger partial charge on any atom is -0.755 e. The highest BCUT2D eigenvalue weighted by Crippen LogP contribution is 2.38. The number of rotatable bonds is 5. The van der Waals surface area contributed by atoms with Gasteiger partial charge < -0.3 is 19.7 Å². The van der Waals surface area contributed by atoms with Gasteiger partial charge in [-0.3, -0.25) is 8.51 Å². The molecular weight excluding hydrogens is 368 g/mol. The first kappa shape index (κ1) is 18.7. The fourth-order valence-electron chi connectivity index (χ4n) is 2.98. The van der Waals surface area contributed by atoms with Crippen LogP contribution in [-0.4, -0.2) is 39.0 Å². The van der Waals surface area contributed by atoms with Crippen molar-refractivity contribution >= 4 is 45.1 Å². The monoisotopic (exact) mass is 385 g/mol. The third-order valence-electron chi connectivity index (χ3n) is 4.17. The summed E-state index contributed by atoms with van der Waals surface area (Å²) >= 11 is -2.69. The maximum Gasteiger partial charge on any atom is 0.339 e. The molecule has 0 aliphatic rings. The quantitative estimate of drug-likeness (QED) is 0.654. The highest BCUT2D eigenvalue weighted by Gasteiger charge is 2.18. The Hall–Kier alpha value is -3.10. The van der Waals surface area contributed by atoms with Gasteiger partial charge in [0.05, 0.1) is 22.6 Å². The maximum absolute atomic E-state index is 12.0. The number of carboxylic acids is 1. The van der Waals surface area contributed by atoms with Crippen molar-refractivity contribution in [3.63, 3.8) is 0 Å². The van der Waals surface area contributed by atoms with Gasteiger partial charge in [0.15, 0.2) is 0 Å². The molecule has 3 rings (SSSR count). The summed E-state index contributed by atoms with van der Waals surface area (Å²) in [6.45, 7) is 0. The van der Waals surface area contributed by atoms with E-state index in [4.69, 9.17) is 5.11 Å². The van der Waals surface area contributed by atoms with Crippen LogP contribution in [0.4, 0.5) is 17.1 Å². The zero-order valence-corrected chi connectivity index (χ0v) is 15.4. The number of nitrogens with zero attached hydrogens (tertiary/aromatic N) is 2. The first-order chi connectivity index (χ1) is 12.8. The van der Waals surface area contributed by atoms with Crippen molar-refractivity contribution in [1.82, 2.24) is 0 Å². The number of aromatic carboxylic acids is 1. The molecule has 0 aliphatic heterocycles. The van der Waals surface area contributed by atoms with Crippen molar-refractivity contribution in [3.8, 4) is 5.75 Å². The number of carbonyl (C=O) groups is 1. The molecule has 0 heterocycles. The van der Waals surface area contributed by atoms with Crippen LogP contribution in [0.1, 0.15) is 10.4 Å². The van der Waals surface area contributed by atoms with Gasteiger partial charge in [0.1, 0.15) is 11.3 Å². The predicted molar refractivity (Wildman–Crippen MR) is 104 cm³/mol. The molecule has 0 saturated carbocycles. The summed E-state index contributed by atoms with van der Waals surface area (Å²) in [5.74, 6) is -1.81. The molecule has 3 aromatic carbocycles. The van der Waals surface area contributed by atoms with Crippen molar-refractivity contribution in [2.75, 3.05) is 23.3 Å². The van der Waals surface area contributed by atoms with E-state index in [1.807, 2.05) is 43.3 Å². The lowest BCUT2D eigenvalue weighted by molar-refractivity contribution is 0.0694. The number of anilines is 3. The van der Waals surface area contributed by atoms with Gasteiger partial charge in [0.25, 0.3) is 0 Å². The highest BCUT2D eigenvalue weighted by atomic mass is 32.2. The van der Waals surface area contributed by atoms with Crippen LogP contribution in [0.5, 0.6) is 5.75 Å². The van der Waals surface area contributed by atoms with Gasteiger partial charge in [-0.2, -0.15) is 0 Å². The first-order valence-electron chi connectivity index (χ1n) is 7.96. The Kier molecular flexibility index (Phi) is 5.02. The van der Waals surface area contributed by atoms with Gasteiger partial charge in [-0.1, -0.05) is 24.3 Å². The Morgan fingerprint density at radius 2 is 1.59 bits per heavy atom. The summed E-state index contributed by atoms with van der Waals surface area (Å²) in [7, 11) is 3.79. The third kappa shape index (κ3) is 3.44. The Morgan fingerprint density at radius 3 is 2.11 bits per heavy atom. The van der Waals surface area contributed by atoms with E-state index in [0.717, 1.165) is 21.4 Å². The summed E-state index contributed by atoms with van der Waals surface area (Å²) < 4.78 is 25.0. The molecule has 0 saturated heterocycles. The van der Waals surface area contributed by atoms with E-state index in [0.29, 0.717) is 11.1 Å². The molecule has 3 aromatic rings. The van der Waals surface area contributed by atoms with Crippen molar-refractivity contribution < 1.29 is 23.8 Å². The van der Waals surface area contributed by atoms with E-state index in [-0.39, 0.29) is 11.3 Å². The summed E-state index contributed by atoms with van der Waals surface area (Å²) in [6, 6.07) is 14.5. The molecule has 27 heavy (non-hydrogen) atoms. The SMILES string of the molecule is CN(C)c1cccc2c(N(c3ccc(C(=O)O)c(O)c3)S(=O)[O-])cccc12. The number of phenols is 1. The number of hydrogen-bond acceptors (Lipinski definition) is 5. The highest BCUT2D eigenvalue weighted by molar-refractivity contribution is 7.81. The Bertz CT molecular complexity index is 1050. The third-order valence-corrected chi connectivity index (χ3v) is 4.88. The fourth-order valence-corrected chi connectivity index (χ4v) is 3.58. The molecule has 0 fully saturated rings. The van der Waals surface area contributed by atoms with E-state index in [9.17, 15) is 18.7 Å². The van der Waals surface area contributed by atoms with Crippen LogP contribution in [0.25, 0.3) is 10.8 Å². The van der Waals surface area contributed by atoms with Gasteiger partial charge in [0, 0.05) is 36.6 Å². The molecule has 0 spiro atoms. The molecule has 2 N–H and O–H groups in total. The zero-order valence-electron chi connectivity index (χ0n) is 14.6. The van der Waals surface area contributed by atoms with Crippen LogP contribution in [0.2, 0.25) is 0 Å². The zero-order chi connectivity index (χ0) is 19.7. The van der Waals surface area contributed by atoms with Crippen molar-refractivity contribution in [2.45, 2.75) is 0 Å². The largest absolute Gasteiger partial charge is 0.755 e. The van der Waals surface area contributed by atoms with Crippen LogP contribution in [0.3, 0.4) is 0 Å². The lowest BCUT2D eigenvalue weighted by Gasteiger charge is -2.28. The lowest BCUT2D eigenvalue weighted by Crippen LogP contribution is -2.20. The number of fused-ring (bicyclic) bond motifs is 1. The van der Waals surface area contributed by atoms with Gasteiger partial charge in [0.2, 0.25) is 0 Å². The van der Waals surface area contributed by atoms with Crippen LogP contribution in [-0.2, 0) is 11.3 Å². The summed E-state index contributed by atoms with van der Waals surface area (Å²) in [6.07, 6.45) is 0. The Morgan fingerprint density at radius 1 is 1.00 bits per heavy atom. The average molecular weight is 385 g/mol. The molecule has 0 aliphatic carbocycles. The number of benzene rings is 3. The number of carboxylic acid groups (broad SMARTS) is 1. The van der Waals surface area contributed by atoms with Crippen molar-refractivity contribution in [2.24, 2.45) is 0 Å². The molecule has 0 bridgehead atoms. The Labute approximate surface area is 158 Å². The summed E-state index contributed by atoms with van der Waals surface area (Å²) in [5, 5.41) is 20.6. The molecule has 7 nitrogen and oxygen atoms in total. The topological polar surface area (TPSA) is 104 Å². The second-order valence-corrected chi connectivity index (χ2v) is 6.86. The standard InChI is InChI=1S/C19H18N2O5S/c1-20(2)16-7-3-6-14-13(16)5-4-8-17(14)21(27(25)26)12-9-10-15(19(23)24)18(22)11-12/h3-11,22H,1-2H3,(H,23,24)(H,25,26)/p-1. The van der Waals surface area contributed by atoms with Gasteiger partial charge in [-0.25, -0.2) is 4.79 Å². The number of hydrogen-bond donors (Lipinski definition) is 2. The molecular formula is C19H17N2O5S-. The normalized spacial score (nSPS) is 12.0. The van der Waals surface area contributed by atoms with Crippen LogP contribution < -0.4 is 9.21 Å². The van der Waals surface area contributed by atoms with Crippen molar-refractivity contribution in [1.29, 1.82) is 0 Å². The maximum atomic E-state index is 12.0. The van der Waals surface area contributed by atoms with Gasteiger partial charge >= 0.3 is 5.97 Å². The average Bonchev–Trinajstić information content (AvgIpc) is 2.61. The van der Waals surface area contributed by atoms with E-state index in [2.05, 4.69) is 0 Å². The van der Waals surface area contributed by atoms with Gasteiger partial charge in [-0.05, 0) is 24.3 Å². The molecule has 1 atom stereocenters. The van der Waals surface area contributed by atoms with Crippen LogP contribution in [0.15, 0.2) is 54.6 Å². The second kappa shape index (κ2) is 7.26. The lowest BCUT2D eigenvalue weighted by atomic mass is 10.1. The minimum absolute atomic E-state index is 0.133. The summed E-state index contributed by atoms with van der Waals surface area (Å²) in [4.78, 5) is 13.0. The molecule has 0 amide bonds. The minimum atomic E-state index is -2.69. The number of aromatic hydroxyl groups is 1. The van der Waals surface area contributed by atoms with Crippen LogP contribution in [0, 0.1) is 0 Å². The van der Waals surface area contributed by atoms with E-state index in [1.165, 1.54) is 12.1 Å². The van der Waals surface area contributed by atoms with E-state index >= 15 is 0 Å². The molecule has 0 aromatic heterocycles. The fraction of sp³-hybridized carbons (Fsp3) is 0.105. The smallest absolute Gasteiger partial charge is 0.339 e. The molecule has 8 heteroatoms. The van der Waals surface area contributed by atoms with Crippen LogP contribution >= 0.6 is 0 Å². The predicted octanol–water partition coefficient (Wildman–Crippen LogP) is 3.24. The first-order valence-corrected chi connectivity index (χ1v) is 8.99. The molecule has 1 unspecified atom stereocenters. The van der Waals surface area contributed by atoms with Crippen molar-refractivity contribution in [3.05, 3.63) is 60.2 Å². The summed E-state index contributed by atoms with van der Waals surface area (Å²) in [5.41, 5.74) is 1.15. The molecule has 0 radical (unpaired) electrons. The Balaban J connectivity index is 2.23.